The standard InChI is InChI=1S/C13H27N5O3/c1-4-8(2)10(14)11(19)18-9(12(20)21-3)6-5-7-17-13(15)16/h8-10H,4-7,14H2,1-3H3,(H,18,19)(H4,15,16,17)/t8-,9-,10-/m0/s1. The zero-order chi connectivity index (χ0) is 16.4. The van der Waals surface area contributed by atoms with Gasteiger partial charge in [-0.1, -0.05) is 20.3 Å². The summed E-state index contributed by atoms with van der Waals surface area (Å²) < 4.78 is 4.68. The Labute approximate surface area is 125 Å². The molecule has 1 amide bonds. The summed E-state index contributed by atoms with van der Waals surface area (Å²) in [5.74, 6) is -0.975. The van der Waals surface area contributed by atoms with Crippen LogP contribution in [0.15, 0.2) is 0 Å². The third-order valence-corrected chi connectivity index (χ3v) is 3.35. The lowest BCUT2D eigenvalue weighted by Crippen LogP contribution is -2.51. The molecule has 0 aromatic heterocycles. The average Bonchev–Trinajstić information content (AvgIpc) is 2.47. The number of carbonyl (C=O) groups is 2. The first kappa shape index (κ1) is 19.2. The van der Waals surface area contributed by atoms with Crippen molar-refractivity contribution in [2.45, 2.75) is 45.2 Å². The van der Waals surface area contributed by atoms with Crippen LogP contribution in [0.4, 0.5) is 0 Å². The van der Waals surface area contributed by atoms with Gasteiger partial charge in [0, 0.05) is 6.54 Å². The van der Waals surface area contributed by atoms with E-state index in [1.807, 2.05) is 13.8 Å². The predicted octanol–water partition coefficient (Wildman–Crippen LogP) is -0.719. The molecule has 0 unspecified atom stereocenters. The summed E-state index contributed by atoms with van der Waals surface area (Å²) in [5, 5.41) is 12.3. The van der Waals surface area contributed by atoms with Gasteiger partial charge in [0.1, 0.15) is 6.04 Å². The van der Waals surface area contributed by atoms with Crippen LogP contribution in [-0.2, 0) is 14.3 Å². The number of guanidine groups is 1. The van der Waals surface area contributed by atoms with Crippen LogP contribution in [0.25, 0.3) is 0 Å². The lowest BCUT2D eigenvalue weighted by molar-refractivity contribution is -0.145. The van der Waals surface area contributed by atoms with Gasteiger partial charge in [-0.25, -0.2) is 4.79 Å². The van der Waals surface area contributed by atoms with Crippen molar-refractivity contribution in [2.75, 3.05) is 13.7 Å². The third kappa shape index (κ3) is 7.50. The van der Waals surface area contributed by atoms with E-state index in [2.05, 4.69) is 15.4 Å². The number of ether oxygens (including phenoxy) is 1. The molecule has 0 aliphatic rings. The number of carbonyl (C=O) groups excluding carboxylic acids is 2. The molecule has 0 aromatic rings. The maximum Gasteiger partial charge on any atom is 0.328 e. The third-order valence-electron chi connectivity index (χ3n) is 3.35. The maximum absolute atomic E-state index is 12.0. The van der Waals surface area contributed by atoms with Gasteiger partial charge in [-0.05, 0) is 18.8 Å². The van der Waals surface area contributed by atoms with Gasteiger partial charge in [-0.2, -0.15) is 0 Å². The van der Waals surface area contributed by atoms with Crippen molar-refractivity contribution in [1.29, 1.82) is 5.41 Å². The zero-order valence-corrected chi connectivity index (χ0v) is 12.9. The summed E-state index contributed by atoms with van der Waals surface area (Å²) in [7, 11) is 1.27. The van der Waals surface area contributed by atoms with Crippen LogP contribution >= 0.6 is 0 Å². The van der Waals surface area contributed by atoms with Crippen LogP contribution in [0.3, 0.4) is 0 Å². The minimum absolute atomic E-state index is 0.0303. The Morgan fingerprint density at radius 2 is 2.00 bits per heavy atom. The van der Waals surface area contributed by atoms with Crippen molar-refractivity contribution in [3.05, 3.63) is 0 Å². The molecule has 21 heavy (non-hydrogen) atoms. The normalized spacial score (nSPS) is 14.7. The average molecular weight is 301 g/mol. The van der Waals surface area contributed by atoms with Gasteiger partial charge < -0.3 is 26.8 Å². The summed E-state index contributed by atoms with van der Waals surface area (Å²) in [6.45, 7) is 4.27. The Balaban J connectivity index is 4.45. The van der Waals surface area contributed by atoms with Crippen LogP contribution in [-0.4, -0.2) is 43.6 Å². The first-order valence-corrected chi connectivity index (χ1v) is 7.05. The van der Waals surface area contributed by atoms with Crippen molar-refractivity contribution >= 4 is 17.8 Å². The molecule has 0 heterocycles. The summed E-state index contributed by atoms with van der Waals surface area (Å²) in [5.41, 5.74) is 11.0. The minimum Gasteiger partial charge on any atom is -0.467 e. The van der Waals surface area contributed by atoms with E-state index in [0.717, 1.165) is 6.42 Å². The van der Waals surface area contributed by atoms with E-state index in [0.29, 0.717) is 19.4 Å². The van der Waals surface area contributed by atoms with Gasteiger partial charge in [-0.3, -0.25) is 10.2 Å². The highest BCUT2D eigenvalue weighted by atomic mass is 16.5. The first-order chi connectivity index (χ1) is 9.83. The second-order valence-corrected chi connectivity index (χ2v) is 4.98. The van der Waals surface area contributed by atoms with Crippen molar-refractivity contribution in [3.8, 4) is 0 Å². The molecular weight excluding hydrogens is 274 g/mol. The molecule has 7 N–H and O–H groups in total. The molecule has 0 spiro atoms. The number of hydrogen-bond acceptors (Lipinski definition) is 5. The molecule has 8 heteroatoms. The number of nitrogens with two attached hydrogens (primary N) is 2. The molecule has 122 valence electrons. The van der Waals surface area contributed by atoms with Crippen LogP contribution in [0.1, 0.15) is 33.1 Å². The van der Waals surface area contributed by atoms with Crippen LogP contribution in [0.5, 0.6) is 0 Å². The van der Waals surface area contributed by atoms with E-state index in [4.69, 9.17) is 16.9 Å². The quantitative estimate of drug-likeness (QED) is 0.165. The molecule has 0 saturated carbocycles. The second-order valence-electron chi connectivity index (χ2n) is 4.98. The number of methoxy groups -OCH3 is 1. The summed E-state index contributed by atoms with van der Waals surface area (Å²) >= 11 is 0. The van der Waals surface area contributed by atoms with E-state index < -0.39 is 18.1 Å². The van der Waals surface area contributed by atoms with Crippen molar-refractivity contribution in [1.82, 2.24) is 10.6 Å². The van der Waals surface area contributed by atoms with E-state index in [1.165, 1.54) is 7.11 Å². The molecule has 0 aliphatic carbocycles. The number of amides is 1. The summed E-state index contributed by atoms with van der Waals surface area (Å²) in [4.78, 5) is 23.7. The molecule has 0 fully saturated rings. The number of rotatable bonds is 9. The Hall–Kier alpha value is -1.83. The topological polar surface area (TPSA) is 143 Å². The highest BCUT2D eigenvalue weighted by Gasteiger charge is 2.26. The number of nitrogens with one attached hydrogen (secondary N) is 3. The van der Waals surface area contributed by atoms with E-state index >= 15 is 0 Å². The minimum atomic E-state index is -0.744. The van der Waals surface area contributed by atoms with Gasteiger partial charge >= 0.3 is 5.97 Å². The molecule has 0 rings (SSSR count). The maximum atomic E-state index is 12.0. The van der Waals surface area contributed by atoms with E-state index in [1.54, 1.807) is 0 Å². The Kier molecular flexibility index (Phi) is 9.11. The van der Waals surface area contributed by atoms with Crippen molar-refractivity contribution in [2.24, 2.45) is 17.4 Å². The highest BCUT2D eigenvalue weighted by molar-refractivity contribution is 5.87. The van der Waals surface area contributed by atoms with Gasteiger partial charge in [0.2, 0.25) is 5.91 Å². The summed E-state index contributed by atoms with van der Waals surface area (Å²) in [6.07, 6.45) is 1.71. The molecule has 8 nitrogen and oxygen atoms in total. The smallest absolute Gasteiger partial charge is 0.328 e. The fourth-order valence-electron chi connectivity index (χ4n) is 1.70. The van der Waals surface area contributed by atoms with Crippen LogP contribution in [0.2, 0.25) is 0 Å². The Morgan fingerprint density at radius 1 is 1.38 bits per heavy atom. The van der Waals surface area contributed by atoms with Crippen molar-refractivity contribution < 1.29 is 14.3 Å². The molecule has 0 radical (unpaired) electrons. The number of hydrogen-bond donors (Lipinski definition) is 5. The molecular formula is C13H27N5O3. The van der Waals surface area contributed by atoms with Crippen LogP contribution in [0, 0.1) is 11.3 Å². The van der Waals surface area contributed by atoms with Crippen LogP contribution < -0.4 is 22.1 Å². The molecule has 0 aliphatic heterocycles. The lowest BCUT2D eigenvalue weighted by atomic mass is 9.99. The highest BCUT2D eigenvalue weighted by Crippen LogP contribution is 2.07. The molecule has 3 atom stereocenters. The monoisotopic (exact) mass is 301 g/mol. The van der Waals surface area contributed by atoms with Gasteiger partial charge in [-0.15, -0.1) is 0 Å². The zero-order valence-electron chi connectivity index (χ0n) is 12.9. The largest absolute Gasteiger partial charge is 0.467 e. The molecule has 0 aromatic carbocycles. The Bertz CT molecular complexity index is 362. The Morgan fingerprint density at radius 3 is 2.48 bits per heavy atom. The van der Waals surface area contributed by atoms with Gasteiger partial charge in [0.05, 0.1) is 13.2 Å². The predicted molar refractivity (Wildman–Crippen MR) is 80.5 cm³/mol. The first-order valence-electron chi connectivity index (χ1n) is 7.05. The molecule has 0 saturated heterocycles. The van der Waals surface area contributed by atoms with E-state index in [-0.39, 0.29) is 17.8 Å². The fraction of sp³-hybridized carbons (Fsp3) is 0.769. The van der Waals surface area contributed by atoms with Gasteiger partial charge in [0.25, 0.3) is 0 Å². The van der Waals surface area contributed by atoms with Crippen molar-refractivity contribution in [3.63, 3.8) is 0 Å². The number of esters is 1. The van der Waals surface area contributed by atoms with Gasteiger partial charge in [0.15, 0.2) is 5.96 Å². The fourth-order valence-corrected chi connectivity index (χ4v) is 1.70. The van der Waals surface area contributed by atoms with E-state index in [9.17, 15) is 9.59 Å². The molecule has 0 bridgehead atoms. The summed E-state index contributed by atoms with van der Waals surface area (Å²) in [6, 6.07) is -1.40. The second kappa shape index (κ2) is 9.98. The lowest BCUT2D eigenvalue weighted by Gasteiger charge is -2.22. The SMILES string of the molecule is CC[C@H](C)[C@H](N)C(=O)N[C@@H](CCCNC(=N)N)C(=O)OC.